The summed E-state index contributed by atoms with van der Waals surface area (Å²) in [5.41, 5.74) is 0.163. The lowest BCUT2D eigenvalue weighted by molar-refractivity contribution is -0.127. The summed E-state index contributed by atoms with van der Waals surface area (Å²) in [5.74, 6) is -2.96. The Morgan fingerprint density at radius 1 is 1.44 bits per heavy atom. The molecule has 0 radical (unpaired) electrons. The van der Waals surface area contributed by atoms with E-state index in [1.807, 2.05) is 0 Å². The molecule has 1 aromatic rings. The molecule has 0 aromatic carbocycles. The van der Waals surface area contributed by atoms with Gasteiger partial charge in [0.05, 0.1) is 24.7 Å². The average molecular weight is 267 g/mol. The third kappa shape index (κ3) is 3.38. The molecule has 1 atom stereocenters. The number of alkyl halides is 5. The molecule has 1 N–H and O–H groups in total. The van der Waals surface area contributed by atoms with Crippen LogP contribution >= 0.6 is 0 Å². The van der Waals surface area contributed by atoms with Gasteiger partial charge in [0.1, 0.15) is 1.41 Å². The van der Waals surface area contributed by atoms with Crippen molar-refractivity contribution >= 4 is 0 Å². The lowest BCUT2D eigenvalue weighted by Crippen LogP contribution is -2.19. The predicted molar refractivity (Wildman–Crippen MR) is 54.3 cm³/mol. The van der Waals surface area contributed by atoms with E-state index in [0.29, 0.717) is 5.31 Å². The Labute approximate surface area is 102 Å². The van der Waals surface area contributed by atoms with Gasteiger partial charge in [0.25, 0.3) is 5.92 Å². The van der Waals surface area contributed by atoms with E-state index in [4.69, 9.17) is 1.41 Å². The molecular weight excluding hydrogens is 255 g/mol. The molecule has 18 heavy (non-hydrogen) atoms. The van der Waals surface area contributed by atoms with Crippen LogP contribution in [-0.4, -0.2) is 23.6 Å². The van der Waals surface area contributed by atoms with Crippen molar-refractivity contribution in [1.82, 2.24) is 10.3 Å². The number of nitrogens with zero attached hydrogens (tertiary/aromatic N) is 1. The van der Waals surface area contributed by atoms with Crippen molar-refractivity contribution < 1.29 is 23.4 Å². The fourth-order valence-electron chi connectivity index (χ4n) is 1.82. The highest BCUT2D eigenvalue weighted by Gasteiger charge is 2.40. The highest BCUT2D eigenvalue weighted by atomic mass is 19.4. The summed E-state index contributed by atoms with van der Waals surface area (Å²) in [6, 6.07) is 1.60. The van der Waals surface area contributed by atoms with E-state index in [9.17, 15) is 22.0 Å². The van der Waals surface area contributed by atoms with Crippen LogP contribution in [0.1, 0.15) is 23.7 Å². The van der Waals surface area contributed by atoms with Gasteiger partial charge in [-0.15, -0.1) is 0 Å². The van der Waals surface area contributed by atoms with E-state index in [-0.39, 0.29) is 11.3 Å². The quantitative estimate of drug-likeness (QED) is 0.833. The number of hydrogen-bond acceptors (Lipinski definition) is 2. The first kappa shape index (κ1) is 11.8. The Kier molecular flexibility index (Phi) is 2.93. The Hall–Kier alpha value is -1.24. The predicted octanol–water partition coefficient (Wildman–Crippen LogP) is 2.86. The van der Waals surface area contributed by atoms with Crippen LogP contribution in [-0.2, 0) is 6.42 Å². The van der Waals surface area contributed by atoms with Crippen LogP contribution < -0.4 is 5.31 Å². The van der Waals surface area contributed by atoms with Crippen LogP contribution in [0.25, 0.3) is 0 Å². The lowest BCUT2D eigenvalue weighted by Gasteiger charge is -2.11. The highest BCUT2D eigenvalue weighted by Crippen LogP contribution is 2.33. The third-order valence-electron chi connectivity index (χ3n) is 2.63. The number of rotatable bonds is 2. The minimum atomic E-state index is -4.33. The summed E-state index contributed by atoms with van der Waals surface area (Å²) in [7, 11) is 0. The average Bonchev–Trinajstić information content (AvgIpc) is 2.51. The first-order valence-electron chi connectivity index (χ1n) is 5.76. The van der Waals surface area contributed by atoms with Crippen molar-refractivity contribution in [3.05, 3.63) is 29.6 Å². The van der Waals surface area contributed by atoms with Crippen LogP contribution in [0.15, 0.2) is 18.3 Å². The van der Waals surface area contributed by atoms with E-state index in [2.05, 4.69) is 4.98 Å². The monoisotopic (exact) mass is 267 g/mol. The minimum Gasteiger partial charge on any atom is -0.303 e. The van der Waals surface area contributed by atoms with E-state index in [1.54, 1.807) is 0 Å². The standard InChI is InChI=1S/C11H11F5N2/c12-10(13)4-9(18-6-10)8-2-1-7(5-17-8)3-11(14,15)16/h1-2,5,9,18H,3-4,6H2/i/hD. The lowest BCUT2D eigenvalue weighted by atomic mass is 10.1. The van der Waals surface area contributed by atoms with Crippen LogP contribution in [0.2, 0.25) is 1.41 Å². The zero-order valence-electron chi connectivity index (χ0n) is 10.2. The SMILES string of the molecule is [2H]N1CC(F)(F)CC1c1ccc(CC(F)(F)F)cn1. The van der Waals surface area contributed by atoms with Crippen molar-refractivity contribution in [3.63, 3.8) is 0 Å². The van der Waals surface area contributed by atoms with Crippen LogP contribution in [0.3, 0.4) is 0 Å². The van der Waals surface area contributed by atoms with Gasteiger partial charge in [-0.1, -0.05) is 6.07 Å². The van der Waals surface area contributed by atoms with E-state index in [0.717, 1.165) is 6.20 Å². The number of pyridine rings is 1. The third-order valence-corrected chi connectivity index (χ3v) is 2.63. The van der Waals surface area contributed by atoms with Crippen molar-refractivity contribution in [2.45, 2.75) is 31.0 Å². The van der Waals surface area contributed by atoms with Gasteiger partial charge in [0.2, 0.25) is 0 Å². The molecule has 2 heterocycles. The molecule has 0 saturated carbocycles. The van der Waals surface area contributed by atoms with Crippen LogP contribution in [0.5, 0.6) is 0 Å². The van der Waals surface area contributed by atoms with Gasteiger partial charge < -0.3 is 5.31 Å². The fourth-order valence-corrected chi connectivity index (χ4v) is 1.82. The maximum absolute atomic E-state index is 13.1. The molecule has 100 valence electrons. The summed E-state index contributed by atoms with van der Waals surface area (Å²) in [4.78, 5) is 3.77. The van der Waals surface area contributed by atoms with Gasteiger partial charge in [0, 0.05) is 12.6 Å². The van der Waals surface area contributed by atoms with Crippen molar-refractivity contribution in [3.8, 4) is 0 Å². The first-order valence-corrected chi connectivity index (χ1v) is 5.31. The van der Waals surface area contributed by atoms with Gasteiger partial charge in [-0.2, -0.15) is 13.2 Å². The summed E-state index contributed by atoms with van der Waals surface area (Å²) < 4.78 is 70.0. The van der Waals surface area contributed by atoms with Crippen molar-refractivity contribution in [2.75, 3.05) is 6.54 Å². The number of aromatic nitrogens is 1. The van der Waals surface area contributed by atoms with Gasteiger partial charge in [-0.05, 0) is 11.6 Å². The topological polar surface area (TPSA) is 24.9 Å². The van der Waals surface area contributed by atoms with Crippen LogP contribution in [0.4, 0.5) is 22.0 Å². The second kappa shape index (κ2) is 4.46. The Morgan fingerprint density at radius 3 is 2.61 bits per heavy atom. The van der Waals surface area contributed by atoms with E-state index in [1.165, 1.54) is 12.1 Å². The molecule has 1 aromatic heterocycles. The Bertz CT molecular complexity index is 445. The normalized spacial score (nSPS) is 25.2. The van der Waals surface area contributed by atoms with E-state index < -0.39 is 37.5 Å². The molecular formula is C11H11F5N2. The Morgan fingerprint density at radius 2 is 2.17 bits per heavy atom. The van der Waals surface area contributed by atoms with Crippen LogP contribution in [0, 0.1) is 0 Å². The molecule has 1 fully saturated rings. The van der Waals surface area contributed by atoms with Gasteiger partial charge >= 0.3 is 6.18 Å². The molecule has 0 aliphatic carbocycles. The molecule has 0 amide bonds. The second-order valence-electron chi connectivity index (χ2n) is 4.30. The number of hydrogen-bond donors (Lipinski definition) is 1. The molecule has 1 aliphatic rings. The smallest absolute Gasteiger partial charge is 0.303 e. The molecule has 1 saturated heterocycles. The summed E-state index contributed by atoms with van der Waals surface area (Å²) in [6.45, 7) is -0.691. The van der Waals surface area contributed by atoms with E-state index >= 15 is 0 Å². The highest BCUT2D eigenvalue weighted by molar-refractivity contribution is 5.18. The largest absolute Gasteiger partial charge is 0.393 e. The Balaban J connectivity index is 2.11. The molecule has 2 rings (SSSR count). The first-order chi connectivity index (χ1) is 8.66. The van der Waals surface area contributed by atoms with Gasteiger partial charge in [0.15, 0.2) is 0 Å². The maximum Gasteiger partial charge on any atom is 0.393 e. The number of nitrogens with one attached hydrogen (secondary N) is 1. The summed E-state index contributed by atoms with van der Waals surface area (Å²) in [6.07, 6.45) is -4.95. The number of halogens is 5. The fraction of sp³-hybridized carbons (Fsp3) is 0.545. The second-order valence-corrected chi connectivity index (χ2v) is 4.30. The maximum atomic E-state index is 13.1. The van der Waals surface area contributed by atoms with Gasteiger partial charge in [-0.3, -0.25) is 4.98 Å². The molecule has 2 nitrogen and oxygen atoms in total. The molecule has 7 heteroatoms. The zero-order chi connectivity index (χ0) is 14.3. The zero-order valence-corrected chi connectivity index (χ0v) is 9.21. The minimum absolute atomic E-state index is 0.0301. The molecule has 0 bridgehead atoms. The summed E-state index contributed by atoms with van der Waals surface area (Å²) >= 11 is 0. The molecule has 1 aliphatic heterocycles. The van der Waals surface area contributed by atoms with Crippen molar-refractivity contribution in [2.24, 2.45) is 0 Å². The van der Waals surface area contributed by atoms with Crippen molar-refractivity contribution in [1.29, 1.82) is 0 Å². The molecule has 0 spiro atoms. The summed E-state index contributed by atoms with van der Waals surface area (Å²) in [5, 5.41) is 0.714. The van der Waals surface area contributed by atoms with Gasteiger partial charge in [-0.25, -0.2) is 8.78 Å². The molecule has 1 unspecified atom stereocenters.